The summed E-state index contributed by atoms with van der Waals surface area (Å²) in [6.45, 7) is 4.74. The predicted octanol–water partition coefficient (Wildman–Crippen LogP) is 1.58. The molecule has 22 heavy (non-hydrogen) atoms. The molecule has 1 aromatic rings. The number of hydrogen-bond donors (Lipinski definition) is 1. The van der Waals surface area contributed by atoms with Crippen LogP contribution in [0.3, 0.4) is 0 Å². The molecule has 1 aromatic carbocycles. The van der Waals surface area contributed by atoms with Crippen molar-refractivity contribution in [2.45, 2.75) is 26.8 Å². The van der Waals surface area contributed by atoms with E-state index in [0.717, 1.165) is 5.56 Å². The molecule has 0 saturated carbocycles. The third-order valence-electron chi connectivity index (χ3n) is 3.09. The Bertz CT molecular complexity index is 517. The van der Waals surface area contributed by atoms with Crippen LogP contribution in [0.5, 0.6) is 11.5 Å². The Labute approximate surface area is 131 Å². The van der Waals surface area contributed by atoms with Crippen LogP contribution in [0.25, 0.3) is 0 Å². The van der Waals surface area contributed by atoms with Crippen molar-refractivity contribution in [1.82, 2.24) is 10.2 Å². The van der Waals surface area contributed by atoms with E-state index in [1.807, 2.05) is 25.1 Å². The van der Waals surface area contributed by atoms with Gasteiger partial charge in [0, 0.05) is 33.5 Å². The number of benzene rings is 1. The van der Waals surface area contributed by atoms with E-state index in [1.165, 1.54) is 6.92 Å². The van der Waals surface area contributed by atoms with Crippen molar-refractivity contribution in [3.63, 3.8) is 0 Å². The predicted molar refractivity (Wildman–Crippen MR) is 83.9 cm³/mol. The molecule has 0 fully saturated rings. The van der Waals surface area contributed by atoms with Gasteiger partial charge in [-0.05, 0) is 24.6 Å². The molecule has 0 atom stereocenters. The van der Waals surface area contributed by atoms with E-state index in [0.29, 0.717) is 31.2 Å². The molecule has 0 aliphatic rings. The fourth-order valence-corrected chi connectivity index (χ4v) is 1.98. The number of methoxy groups -OCH3 is 1. The molecule has 6 heteroatoms. The fraction of sp³-hybridized carbons (Fsp3) is 0.500. The van der Waals surface area contributed by atoms with Gasteiger partial charge in [-0.2, -0.15) is 0 Å². The van der Waals surface area contributed by atoms with Gasteiger partial charge in [0.15, 0.2) is 11.5 Å². The number of carbonyl (C=O) groups is 2. The second-order valence-corrected chi connectivity index (χ2v) is 4.90. The van der Waals surface area contributed by atoms with Crippen LogP contribution in [0.15, 0.2) is 18.2 Å². The zero-order valence-corrected chi connectivity index (χ0v) is 13.6. The summed E-state index contributed by atoms with van der Waals surface area (Å²) >= 11 is 0. The third-order valence-corrected chi connectivity index (χ3v) is 3.09. The van der Waals surface area contributed by atoms with Crippen LogP contribution >= 0.6 is 0 Å². The highest BCUT2D eigenvalue weighted by molar-refractivity contribution is 5.77. The van der Waals surface area contributed by atoms with E-state index in [1.54, 1.807) is 19.1 Å². The average Bonchev–Trinajstić information content (AvgIpc) is 2.48. The maximum Gasteiger partial charge on any atom is 0.224 e. The zero-order valence-electron chi connectivity index (χ0n) is 13.6. The van der Waals surface area contributed by atoms with Gasteiger partial charge in [-0.15, -0.1) is 0 Å². The zero-order chi connectivity index (χ0) is 16.5. The Morgan fingerprint density at radius 3 is 2.59 bits per heavy atom. The van der Waals surface area contributed by atoms with Gasteiger partial charge >= 0.3 is 0 Å². The SMILES string of the molecule is CCOc1ccc(CN(C)C(=O)CCNC(C)=O)cc1OC. The highest BCUT2D eigenvalue weighted by atomic mass is 16.5. The summed E-state index contributed by atoms with van der Waals surface area (Å²) in [5, 5.41) is 2.61. The number of nitrogens with one attached hydrogen (secondary N) is 1. The molecule has 0 bridgehead atoms. The number of hydrogen-bond acceptors (Lipinski definition) is 4. The van der Waals surface area contributed by atoms with Crippen molar-refractivity contribution >= 4 is 11.8 Å². The molecule has 0 radical (unpaired) electrons. The summed E-state index contributed by atoms with van der Waals surface area (Å²) in [5.74, 6) is 1.18. The Kier molecular flexibility index (Phi) is 7.22. The smallest absolute Gasteiger partial charge is 0.224 e. The van der Waals surface area contributed by atoms with Gasteiger partial charge in [-0.25, -0.2) is 0 Å². The second-order valence-electron chi connectivity index (χ2n) is 4.90. The lowest BCUT2D eigenvalue weighted by Crippen LogP contribution is -2.30. The van der Waals surface area contributed by atoms with Crippen LogP contribution in [-0.4, -0.2) is 44.0 Å². The summed E-state index contributed by atoms with van der Waals surface area (Å²) in [7, 11) is 3.32. The van der Waals surface area contributed by atoms with E-state index in [-0.39, 0.29) is 18.2 Å². The second kappa shape index (κ2) is 8.92. The first-order valence-corrected chi connectivity index (χ1v) is 7.26. The average molecular weight is 308 g/mol. The molecule has 2 amide bonds. The first-order valence-electron chi connectivity index (χ1n) is 7.26. The van der Waals surface area contributed by atoms with E-state index in [4.69, 9.17) is 9.47 Å². The maximum absolute atomic E-state index is 12.0. The number of ether oxygens (including phenoxy) is 2. The van der Waals surface area contributed by atoms with Crippen molar-refractivity contribution in [1.29, 1.82) is 0 Å². The number of rotatable bonds is 8. The van der Waals surface area contributed by atoms with Crippen LogP contribution in [-0.2, 0) is 16.1 Å². The van der Waals surface area contributed by atoms with Crippen LogP contribution in [0, 0.1) is 0 Å². The van der Waals surface area contributed by atoms with Crippen molar-refractivity contribution in [2.24, 2.45) is 0 Å². The first kappa shape index (κ1) is 17.8. The molecule has 0 aliphatic carbocycles. The number of amides is 2. The summed E-state index contributed by atoms with van der Waals surface area (Å²) in [6, 6.07) is 5.61. The van der Waals surface area contributed by atoms with Crippen molar-refractivity contribution in [3.8, 4) is 11.5 Å². The van der Waals surface area contributed by atoms with Crippen molar-refractivity contribution < 1.29 is 19.1 Å². The summed E-state index contributed by atoms with van der Waals surface area (Å²) < 4.78 is 10.8. The Balaban J connectivity index is 2.61. The minimum Gasteiger partial charge on any atom is -0.493 e. The van der Waals surface area contributed by atoms with Crippen molar-refractivity contribution in [2.75, 3.05) is 27.3 Å². The molecular weight excluding hydrogens is 284 g/mol. The lowest BCUT2D eigenvalue weighted by atomic mass is 10.2. The van der Waals surface area contributed by atoms with Crippen LogP contribution in [0.4, 0.5) is 0 Å². The van der Waals surface area contributed by atoms with Crippen LogP contribution in [0.2, 0.25) is 0 Å². The number of carbonyl (C=O) groups excluding carboxylic acids is 2. The van der Waals surface area contributed by atoms with E-state index in [2.05, 4.69) is 5.32 Å². The van der Waals surface area contributed by atoms with E-state index in [9.17, 15) is 9.59 Å². The van der Waals surface area contributed by atoms with Gasteiger partial charge < -0.3 is 19.7 Å². The normalized spacial score (nSPS) is 10.0. The van der Waals surface area contributed by atoms with Crippen molar-refractivity contribution in [3.05, 3.63) is 23.8 Å². The topological polar surface area (TPSA) is 67.9 Å². The largest absolute Gasteiger partial charge is 0.493 e. The van der Waals surface area contributed by atoms with E-state index >= 15 is 0 Å². The van der Waals surface area contributed by atoms with Gasteiger partial charge in [0.05, 0.1) is 13.7 Å². The minimum atomic E-state index is -0.133. The number of nitrogens with zero attached hydrogens (tertiary/aromatic N) is 1. The molecule has 122 valence electrons. The molecule has 1 rings (SSSR count). The van der Waals surface area contributed by atoms with Gasteiger partial charge in [0.1, 0.15) is 0 Å². The monoisotopic (exact) mass is 308 g/mol. The van der Waals surface area contributed by atoms with Crippen LogP contribution in [0.1, 0.15) is 25.8 Å². The van der Waals surface area contributed by atoms with Crippen LogP contribution < -0.4 is 14.8 Å². The van der Waals surface area contributed by atoms with Gasteiger partial charge in [0.25, 0.3) is 0 Å². The molecule has 0 heterocycles. The Morgan fingerprint density at radius 1 is 1.27 bits per heavy atom. The summed E-state index contributed by atoms with van der Waals surface area (Å²) in [6.07, 6.45) is 0.282. The third kappa shape index (κ3) is 5.63. The Morgan fingerprint density at radius 2 is 2.00 bits per heavy atom. The molecule has 0 spiro atoms. The highest BCUT2D eigenvalue weighted by Gasteiger charge is 2.11. The van der Waals surface area contributed by atoms with Gasteiger partial charge in [0.2, 0.25) is 11.8 Å². The molecule has 0 saturated heterocycles. The molecule has 1 N–H and O–H groups in total. The Hall–Kier alpha value is -2.24. The standard InChI is InChI=1S/C16H24N2O4/c1-5-22-14-7-6-13(10-15(14)21-4)11-18(3)16(20)8-9-17-12(2)19/h6-7,10H,5,8-9,11H2,1-4H3,(H,17,19). The van der Waals surface area contributed by atoms with Gasteiger partial charge in [-0.1, -0.05) is 6.07 Å². The maximum atomic E-state index is 12.0. The van der Waals surface area contributed by atoms with E-state index < -0.39 is 0 Å². The summed E-state index contributed by atoms with van der Waals surface area (Å²) in [4.78, 5) is 24.4. The lowest BCUT2D eigenvalue weighted by molar-refractivity contribution is -0.130. The molecule has 0 aromatic heterocycles. The molecular formula is C16H24N2O4. The lowest BCUT2D eigenvalue weighted by Gasteiger charge is -2.18. The first-order chi connectivity index (χ1) is 10.5. The van der Waals surface area contributed by atoms with Gasteiger partial charge in [-0.3, -0.25) is 9.59 Å². The molecule has 6 nitrogen and oxygen atoms in total. The fourth-order valence-electron chi connectivity index (χ4n) is 1.98. The quantitative estimate of drug-likeness (QED) is 0.792. The summed E-state index contributed by atoms with van der Waals surface area (Å²) in [5.41, 5.74) is 0.954. The minimum absolute atomic E-state index is 0.0263. The molecule has 0 unspecified atom stereocenters. The molecule has 0 aliphatic heterocycles. The highest BCUT2D eigenvalue weighted by Crippen LogP contribution is 2.28.